The Labute approximate surface area is 115 Å². The summed E-state index contributed by atoms with van der Waals surface area (Å²) < 4.78 is 19.4. The molecule has 3 atom stereocenters. The van der Waals surface area contributed by atoms with Crippen molar-refractivity contribution in [3.63, 3.8) is 0 Å². The summed E-state index contributed by atoms with van der Waals surface area (Å²) >= 11 is 0. The maximum atomic E-state index is 13.8. The lowest BCUT2D eigenvalue weighted by Crippen LogP contribution is -2.29. The number of hydrogen-bond donors (Lipinski definition) is 1. The molecule has 0 amide bonds. The fourth-order valence-electron chi connectivity index (χ4n) is 3.02. The van der Waals surface area contributed by atoms with Crippen molar-refractivity contribution >= 4 is 0 Å². The Morgan fingerprint density at radius 3 is 2.47 bits per heavy atom. The number of ether oxygens (including phenoxy) is 1. The Bertz CT molecular complexity index is 423. The second kappa shape index (κ2) is 6.02. The van der Waals surface area contributed by atoms with E-state index in [0.29, 0.717) is 12.0 Å². The van der Waals surface area contributed by atoms with E-state index in [-0.39, 0.29) is 11.9 Å². The first-order chi connectivity index (χ1) is 9.02. The minimum Gasteiger partial charge on any atom is -0.378 e. The summed E-state index contributed by atoms with van der Waals surface area (Å²) in [4.78, 5) is 0. The largest absolute Gasteiger partial charge is 0.378 e. The number of nitrogens with one attached hydrogen (secondary N) is 1. The van der Waals surface area contributed by atoms with Crippen LogP contribution in [0.2, 0.25) is 0 Å². The summed E-state index contributed by atoms with van der Waals surface area (Å²) in [6.07, 6.45) is 1.39. The summed E-state index contributed by atoms with van der Waals surface area (Å²) in [6.45, 7) is 9.59. The van der Waals surface area contributed by atoms with Crippen molar-refractivity contribution in [2.75, 3.05) is 13.2 Å². The number of aryl methyl sites for hydroxylation is 2. The van der Waals surface area contributed by atoms with Crippen LogP contribution in [0.3, 0.4) is 0 Å². The van der Waals surface area contributed by atoms with Crippen LogP contribution in [0, 0.1) is 25.6 Å². The quantitative estimate of drug-likeness (QED) is 0.899. The van der Waals surface area contributed by atoms with Gasteiger partial charge in [-0.25, -0.2) is 4.39 Å². The third-order valence-corrected chi connectivity index (χ3v) is 3.94. The van der Waals surface area contributed by atoms with E-state index in [9.17, 15) is 4.39 Å². The molecule has 1 aromatic rings. The van der Waals surface area contributed by atoms with Crippen LogP contribution < -0.4 is 5.32 Å². The van der Waals surface area contributed by atoms with Gasteiger partial charge in [-0.2, -0.15) is 0 Å². The molecule has 0 radical (unpaired) electrons. The van der Waals surface area contributed by atoms with Crippen molar-refractivity contribution in [3.05, 3.63) is 34.6 Å². The molecule has 0 aromatic heterocycles. The minimum absolute atomic E-state index is 0.0879. The smallest absolute Gasteiger partial charge is 0.129 e. The molecule has 1 aromatic carbocycles. The average Bonchev–Trinajstić information content (AvgIpc) is 2.79. The van der Waals surface area contributed by atoms with Gasteiger partial charge in [-0.1, -0.05) is 19.1 Å². The Balaban J connectivity index is 2.28. The van der Waals surface area contributed by atoms with Crippen molar-refractivity contribution in [2.45, 2.75) is 46.3 Å². The van der Waals surface area contributed by atoms with Gasteiger partial charge in [0.05, 0.1) is 12.7 Å². The van der Waals surface area contributed by atoms with Gasteiger partial charge in [0, 0.05) is 12.0 Å². The van der Waals surface area contributed by atoms with Crippen molar-refractivity contribution in [3.8, 4) is 0 Å². The Kier molecular flexibility index (Phi) is 4.58. The van der Waals surface area contributed by atoms with E-state index in [1.54, 1.807) is 0 Å². The maximum absolute atomic E-state index is 13.8. The van der Waals surface area contributed by atoms with Gasteiger partial charge in [-0.05, 0) is 50.4 Å². The summed E-state index contributed by atoms with van der Waals surface area (Å²) in [7, 11) is 0. The monoisotopic (exact) mass is 265 g/mol. The Morgan fingerprint density at radius 2 is 2.00 bits per heavy atom. The van der Waals surface area contributed by atoms with Crippen molar-refractivity contribution in [1.82, 2.24) is 5.32 Å². The molecule has 2 rings (SSSR count). The van der Waals surface area contributed by atoms with E-state index in [1.165, 1.54) is 5.56 Å². The Morgan fingerprint density at radius 1 is 1.37 bits per heavy atom. The zero-order valence-electron chi connectivity index (χ0n) is 12.3. The van der Waals surface area contributed by atoms with E-state index < -0.39 is 0 Å². The van der Waals surface area contributed by atoms with Gasteiger partial charge in [-0.15, -0.1) is 0 Å². The van der Waals surface area contributed by atoms with E-state index in [4.69, 9.17) is 4.74 Å². The molecule has 106 valence electrons. The fourth-order valence-corrected chi connectivity index (χ4v) is 3.02. The highest BCUT2D eigenvalue weighted by atomic mass is 19.1. The average molecular weight is 265 g/mol. The summed E-state index contributed by atoms with van der Waals surface area (Å²) in [5.74, 6) is 0.384. The van der Waals surface area contributed by atoms with Crippen molar-refractivity contribution in [2.24, 2.45) is 5.92 Å². The molecular weight excluding hydrogens is 241 g/mol. The number of hydrogen-bond acceptors (Lipinski definition) is 2. The summed E-state index contributed by atoms with van der Waals surface area (Å²) in [6, 6.07) is 4.20. The van der Waals surface area contributed by atoms with Gasteiger partial charge in [0.2, 0.25) is 0 Å². The van der Waals surface area contributed by atoms with Crippen LogP contribution in [-0.2, 0) is 4.74 Å². The summed E-state index contributed by atoms with van der Waals surface area (Å²) in [5, 5.41) is 3.53. The van der Waals surface area contributed by atoms with Gasteiger partial charge >= 0.3 is 0 Å². The molecular formula is C16H24FNO. The highest BCUT2D eigenvalue weighted by Crippen LogP contribution is 2.33. The van der Waals surface area contributed by atoms with Gasteiger partial charge in [0.25, 0.3) is 0 Å². The molecule has 3 heteroatoms. The van der Waals surface area contributed by atoms with Crippen molar-refractivity contribution in [1.29, 1.82) is 0 Å². The molecule has 1 fully saturated rings. The molecule has 0 saturated carbocycles. The Hall–Kier alpha value is -0.930. The highest BCUT2D eigenvalue weighted by Gasteiger charge is 2.30. The lowest BCUT2D eigenvalue weighted by atomic mass is 9.89. The van der Waals surface area contributed by atoms with Gasteiger partial charge in [-0.3, -0.25) is 0 Å². The molecule has 0 bridgehead atoms. The number of halogens is 1. The zero-order valence-corrected chi connectivity index (χ0v) is 12.3. The molecule has 19 heavy (non-hydrogen) atoms. The lowest BCUT2D eigenvalue weighted by Gasteiger charge is -2.25. The third-order valence-electron chi connectivity index (χ3n) is 3.94. The first-order valence-electron chi connectivity index (χ1n) is 7.14. The first-order valence-corrected chi connectivity index (χ1v) is 7.14. The standard InChI is InChI=1S/C16H24FNO/c1-5-18-16(14-8-12(4)19-9-14)13-6-10(2)15(17)11(3)7-13/h6-7,12,14,16,18H,5,8-9H2,1-4H3. The highest BCUT2D eigenvalue weighted by molar-refractivity contribution is 5.33. The molecule has 2 nitrogen and oxygen atoms in total. The lowest BCUT2D eigenvalue weighted by molar-refractivity contribution is 0.117. The predicted molar refractivity (Wildman–Crippen MR) is 75.8 cm³/mol. The third kappa shape index (κ3) is 3.15. The molecule has 1 saturated heterocycles. The van der Waals surface area contributed by atoms with Crippen LogP contribution in [0.5, 0.6) is 0 Å². The topological polar surface area (TPSA) is 21.3 Å². The van der Waals surface area contributed by atoms with E-state index in [1.807, 2.05) is 26.0 Å². The molecule has 0 aliphatic carbocycles. The van der Waals surface area contributed by atoms with Crippen LogP contribution in [0.25, 0.3) is 0 Å². The second-order valence-electron chi connectivity index (χ2n) is 5.64. The first kappa shape index (κ1) is 14.5. The fraction of sp³-hybridized carbons (Fsp3) is 0.625. The molecule has 1 N–H and O–H groups in total. The normalized spacial score (nSPS) is 24.7. The van der Waals surface area contributed by atoms with Crippen LogP contribution in [-0.4, -0.2) is 19.3 Å². The second-order valence-corrected chi connectivity index (χ2v) is 5.64. The molecule has 1 aliphatic heterocycles. The molecule has 3 unspecified atom stereocenters. The van der Waals surface area contributed by atoms with E-state index in [0.717, 1.165) is 30.7 Å². The summed E-state index contributed by atoms with van der Waals surface area (Å²) in [5.41, 5.74) is 2.63. The SMILES string of the molecule is CCNC(c1cc(C)c(F)c(C)c1)C1COC(C)C1. The maximum Gasteiger partial charge on any atom is 0.129 e. The zero-order chi connectivity index (χ0) is 14.0. The van der Waals surface area contributed by atoms with Crippen LogP contribution in [0.15, 0.2) is 12.1 Å². The van der Waals surface area contributed by atoms with Crippen LogP contribution in [0.4, 0.5) is 4.39 Å². The number of benzene rings is 1. The molecule has 1 heterocycles. The number of rotatable bonds is 4. The van der Waals surface area contributed by atoms with Gasteiger partial charge < -0.3 is 10.1 Å². The van der Waals surface area contributed by atoms with E-state index >= 15 is 0 Å². The van der Waals surface area contributed by atoms with E-state index in [2.05, 4.69) is 19.2 Å². The van der Waals surface area contributed by atoms with Gasteiger partial charge in [0.1, 0.15) is 5.82 Å². The minimum atomic E-state index is -0.0879. The molecule has 1 aliphatic rings. The van der Waals surface area contributed by atoms with Crippen LogP contribution >= 0.6 is 0 Å². The van der Waals surface area contributed by atoms with Gasteiger partial charge in [0.15, 0.2) is 0 Å². The molecule has 0 spiro atoms. The van der Waals surface area contributed by atoms with Crippen molar-refractivity contribution < 1.29 is 9.13 Å². The van der Waals surface area contributed by atoms with Crippen LogP contribution in [0.1, 0.15) is 43.0 Å². The predicted octanol–water partition coefficient (Wildman–Crippen LogP) is 3.52.